The molecule has 0 aromatic heterocycles. The highest BCUT2D eigenvalue weighted by atomic mass is 35.7. The molecule has 0 aliphatic carbocycles. The summed E-state index contributed by atoms with van der Waals surface area (Å²) in [5.41, 5.74) is 0. The molecule has 0 amide bonds. The Bertz CT molecular complexity index is 119. The summed E-state index contributed by atoms with van der Waals surface area (Å²) in [4.78, 5) is 0. The Hall–Kier alpha value is 0.110. The number of hydrogen-bond acceptors (Lipinski definition) is 3. The summed E-state index contributed by atoms with van der Waals surface area (Å²) in [5, 5.41) is 11.2. The third-order valence-electron chi connectivity index (χ3n) is 1.71. The molecule has 4 heteroatoms. The van der Waals surface area contributed by atoms with E-state index in [1.54, 1.807) is 0 Å². The Labute approximate surface area is 76.5 Å². The van der Waals surface area contributed by atoms with Crippen LogP contribution in [0, 0.1) is 11.8 Å². The van der Waals surface area contributed by atoms with E-state index in [0.29, 0.717) is 11.8 Å². The standard InChI is InChI=1S/C7H14ClNOS/c1-6(2)7(5-11-8)3-4-9-10/h4,6-7,10H,3,5H2,1-2H3/b9-4-. The van der Waals surface area contributed by atoms with Gasteiger partial charge < -0.3 is 5.21 Å². The zero-order valence-corrected chi connectivity index (χ0v) is 8.40. The van der Waals surface area contributed by atoms with Crippen molar-refractivity contribution in [2.45, 2.75) is 20.3 Å². The lowest BCUT2D eigenvalue weighted by atomic mass is 9.95. The third kappa shape index (κ3) is 5.39. The van der Waals surface area contributed by atoms with E-state index in [2.05, 4.69) is 19.0 Å². The van der Waals surface area contributed by atoms with E-state index in [9.17, 15) is 0 Å². The van der Waals surface area contributed by atoms with Crippen LogP contribution in [0.5, 0.6) is 0 Å². The largest absolute Gasteiger partial charge is 0.411 e. The number of halogens is 1. The maximum Gasteiger partial charge on any atom is 0.0439 e. The van der Waals surface area contributed by atoms with Gasteiger partial charge in [-0.2, -0.15) is 0 Å². The highest BCUT2D eigenvalue weighted by molar-refractivity contribution is 8.21. The Morgan fingerprint density at radius 3 is 2.64 bits per heavy atom. The van der Waals surface area contributed by atoms with Crippen molar-refractivity contribution in [3.05, 3.63) is 0 Å². The van der Waals surface area contributed by atoms with Gasteiger partial charge in [-0.25, -0.2) is 0 Å². The summed E-state index contributed by atoms with van der Waals surface area (Å²) in [6.45, 7) is 4.28. The highest BCUT2D eigenvalue weighted by Crippen LogP contribution is 2.21. The SMILES string of the molecule is CC(C)C(C/C=N\O)CSCl. The van der Waals surface area contributed by atoms with Gasteiger partial charge in [-0.1, -0.05) is 24.8 Å². The lowest BCUT2D eigenvalue weighted by Gasteiger charge is -2.15. The summed E-state index contributed by atoms with van der Waals surface area (Å²) in [6.07, 6.45) is 2.33. The quantitative estimate of drug-likeness (QED) is 0.416. The van der Waals surface area contributed by atoms with Crippen molar-refractivity contribution >= 4 is 27.9 Å². The molecule has 0 aliphatic rings. The Morgan fingerprint density at radius 1 is 1.64 bits per heavy atom. The van der Waals surface area contributed by atoms with Gasteiger partial charge in [0.05, 0.1) is 0 Å². The molecule has 1 unspecified atom stereocenters. The summed E-state index contributed by atoms with van der Waals surface area (Å²) < 4.78 is 0. The fourth-order valence-corrected chi connectivity index (χ4v) is 1.96. The second kappa shape index (κ2) is 6.80. The maximum atomic E-state index is 8.19. The van der Waals surface area contributed by atoms with Crippen LogP contribution < -0.4 is 0 Å². The Balaban J connectivity index is 3.69. The van der Waals surface area contributed by atoms with E-state index in [4.69, 9.17) is 15.9 Å². The number of hydrogen-bond donors (Lipinski definition) is 1. The Morgan fingerprint density at radius 2 is 2.27 bits per heavy atom. The lowest BCUT2D eigenvalue weighted by molar-refractivity contribution is 0.318. The van der Waals surface area contributed by atoms with E-state index in [-0.39, 0.29) is 0 Å². The van der Waals surface area contributed by atoms with Crippen molar-refractivity contribution in [2.75, 3.05) is 5.75 Å². The van der Waals surface area contributed by atoms with Gasteiger partial charge in [0.15, 0.2) is 0 Å². The topological polar surface area (TPSA) is 32.6 Å². The monoisotopic (exact) mass is 195 g/mol. The first-order valence-electron chi connectivity index (χ1n) is 3.61. The number of oxime groups is 1. The second-order valence-electron chi connectivity index (χ2n) is 2.81. The molecule has 0 rings (SSSR count). The van der Waals surface area contributed by atoms with E-state index >= 15 is 0 Å². The molecule has 2 nitrogen and oxygen atoms in total. The van der Waals surface area contributed by atoms with Gasteiger partial charge in [0.2, 0.25) is 0 Å². The fourth-order valence-electron chi connectivity index (χ4n) is 0.796. The van der Waals surface area contributed by atoms with Crippen LogP contribution >= 0.6 is 21.7 Å². The van der Waals surface area contributed by atoms with Gasteiger partial charge in [-0.05, 0) is 28.9 Å². The van der Waals surface area contributed by atoms with Gasteiger partial charge in [0.25, 0.3) is 0 Å². The summed E-state index contributed by atoms with van der Waals surface area (Å²) in [6, 6.07) is 0. The van der Waals surface area contributed by atoms with E-state index < -0.39 is 0 Å². The highest BCUT2D eigenvalue weighted by Gasteiger charge is 2.11. The molecule has 0 radical (unpaired) electrons. The first kappa shape index (κ1) is 11.1. The second-order valence-corrected chi connectivity index (χ2v) is 4.02. The van der Waals surface area contributed by atoms with Gasteiger partial charge in [0, 0.05) is 12.0 Å². The molecule has 0 saturated heterocycles. The fraction of sp³-hybridized carbons (Fsp3) is 0.857. The summed E-state index contributed by atoms with van der Waals surface area (Å²) in [5.74, 6) is 2.00. The van der Waals surface area contributed by atoms with Crippen LogP contribution in [0.1, 0.15) is 20.3 Å². The van der Waals surface area contributed by atoms with Gasteiger partial charge >= 0.3 is 0 Å². The molecule has 0 bridgehead atoms. The minimum absolute atomic E-state index is 0.508. The molecule has 0 spiro atoms. The molecule has 0 heterocycles. The minimum Gasteiger partial charge on any atom is -0.411 e. The summed E-state index contributed by atoms with van der Waals surface area (Å²) in [7, 11) is 6.85. The summed E-state index contributed by atoms with van der Waals surface area (Å²) >= 11 is 0. The number of nitrogens with zero attached hydrogens (tertiary/aromatic N) is 1. The molecule has 0 aromatic rings. The van der Waals surface area contributed by atoms with Crippen molar-refractivity contribution in [3.8, 4) is 0 Å². The third-order valence-corrected chi connectivity index (χ3v) is 2.64. The first-order chi connectivity index (χ1) is 5.22. The first-order valence-corrected chi connectivity index (χ1v) is 5.43. The van der Waals surface area contributed by atoms with Crippen LogP contribution in [-0.2, 0) is 0 Å². The van der Waals surface area contributed by atoms with Crippen molar-refractivity contribution in [1.82, 2.24) is 0 Å². The molecule has 0 aliphatic heterocycles. The molecule has 1 N–H and O–H groups in total. The smallest absolute Gasteiger partial charge is 0.0439 e. The van der Waals surface area contributed by atoms with Crippen molar-refractivity contribution in [3.63, 3.8) is 0 Å². The zero-order valence-electron chi connectivity index (χ0n) is 6.83. The number of rotatable bonds is 5. The van der Waals surface area contributed by atoms with Crippen LogP contribution in [0.3, 0.4) is 0 Å². The van der Waals surface area contributed by atoms with Crippen molar-refractivity contribution in [2.24, 2.45) is 17.0 Å². The predicted molar refractivity (Wildman–Crippen MR) is 51.5 cm³/mol. The zero-order chi connectivity index (χ0) is 8.69. The molecule has 66 valence electrons. The molecule has 0 saturated carbocycles. The van der Waals surface area contributed by atoms with Crippen molar-refractivity contribution in [1.29, 1.82) is 0 Å². The Kier molecular flexibility index (Phi) is 6.87. The van der Waals surface area contributed by atoms with Crippen LogP contribution in [-0.4, -0.2) is 17.2 Å². The van der Waals surface area contributed by atoms with Crippen LogP contribution in [0.15, 0.2) is 5.16 Å². The van der Waals surface area contributed by atoms with Crippen molar-refractivity contribution < 1.29 is 5.21 Å². The average molecular weight is 196 g/mol. The maximum absolute atomic E-state index is 8.19. The van der Waals surface area contributed by atoms with Crippen LogP contribution in [0.2, 0.25) is 0 Å². The molecule has 0 aromatic carbocycles. The van der Waals surface area contributed by atoms with E-state index in [1.807, 2.05) is 0 Å². The lowest BCUT2D eigenvalue weighted by Crippen LogP contribution is -2.11. The molecule has 0 fully saturated rings. The minimum atomic E-state index is 0.508. The van der Waals surface area contributed by atoms with E-state index in [1.165, 1.54) is 17.2 Å². The predicted octanol–water partition coefficient (Wildman–Crippen LogP) is 3.00. The average Bonchev–Trinajstić information content (AvgIpc) is 1.97. The van der Waals surface area contributed by atoms with Gasteiger partial charge in [0.1, 0.15) is 0 Å². The molecule has 11 heavy (non-hydrogen) atoms. The molecular weight excluding hydrogens is 182 g/mol. The van der Waals surface area contributed by atoms with Gasteiger partial charge in [-0.15, -0.1) is 5.16 Å². The van der Waals surface area contributed by atoms with Crippen LogP contribution in [0.4, 0.5) is 0 Å². The van der Waals surface area contributed by atoms with E-state index in [0.717, 1.165) is 12.2 Å². The van der Waals surface area contributed by atoms with Gasteiger partial charge in [-0.3, -0.25) is 0 Å². The van der Waals surface area contributed by atoms with Crippen LogP contribution in [0.25, 0.3) is 0 Å². The molecule has 1 atom stereocenters. The normalized spacial score (nSPS) is 14.5. The molecular formula is C7H14ClNOS.